The molecule has 3 rings (SSSR count). The number of nitrogens with zero attached hydrogens (tertiary/aromatic N) is 3. The summed E-state index contributed by atoms with van der Waals surface area (Å²) in [6, 6.07) is 11.4. The van der Waals surface area contributed by atoms with E-state index in [4.69, 9.17) is 0 Å². The lowest BCUT2D eigenvalue weighted by atomic mass is 10.2. The average Bonchev–Trinajstić information content (AvgIpc) is 2.83. The van der Waals surface area contributed by atoms with Gasteiger partial charge < -0.3 is 0 Å². The summed E-state index contributed by atoms with van der Waals surface area (Å²) in [6.45, 7) is 0. The molecular weight excluding hydrogens is 214 g/mol. The molecule has 82 valence electrons. The smallest absolute Gasteiger partial charge is 0.154 e. The highest BCUT2D eigenvalue weighted by Crippen LogP contribution is 2.16. The number of carbonyl (C=O) groups is 1. The minimum Gasteiger partial charge on any atom is -0.298 e. The summed E-state index contributed by atoms with van der Waals surface area (Å²) in [5, 5.41) is 5.35. The Morgan fingerprint density at radius 3 is 2.71 bits per heavy atom. The van der Waals surface area contributed by atoms with E-state index in [9.17, 15) is 4.79 Å². The lowest BCUT2D eigenvalue weighted by molar-refractivity contribution is 0.112. The minimum atomic E-state index is 0.560. The first-order valence-electron chi connectivity index (χ1n) is 5.23. The standard InChI is InChI=1S/C13H9N3O/c17-9-10-5-6-13(14-7-10)16-12-4-2-1-3-11(12)8-15-16/h1-9H. The quantitative estimate of drug-likeness (QED) is 0.626. The van der Waals surface area contributed by atoms with Crippen LogP contribution in [0.25, 0.3) is 16.7 Å². The number of aldehydes is 1. The molecule has 0 saturated carbocycles. The molecule has 3 aromatic rings. The maximum atomic E-state index is 10.6. The number of benzene rings is 1. The Kier molecular flexibility index (Phi) is 2.19. The topological polar surface area (TPSA) is 47.8 Å². The molecular formula is C13H9N3O. The SMILES string of the molecule is O=Cc1ccc(-n2ncc3ccccc32)nc1. The Morgan fingerprint density at radius 1 is 1.06 bits per heavy atom. The molecule has 0 aliphatic rings. The predicted molar refractivity (Wildman–Crippen MR) is 64.3 cm³/mol. The summed E-state index contributed by atoms with van der Waals surface area (Å²) >= 11 is 0. The van der Waals surface area contributed by atoms with E-state index >= 15 is 0 Å². The van der Waals surface area contributed by atoms with E-state index in [2.05, 4.69) is 10.1 Å². The van der Waals surface area contributed by atoms with Crippen LogP contribution in [0, 0.1) is 0 Å². The van der Waals surface area contributed by atoms with Crippen molar-refractivity contribution < 1.29 is 4.79 Å². The van der Waals surface area contributed by atoms with Gasteiger partial charge in [0.15, 0.2) is 12.1 Å². The summed E-state index contributed by atoms with van der Waals surface area (Å²) in [5.41, 5.74) is 1.56. The van der Waals surface area contributed by atoms with Crippen LogP contribution in [-0.2, 0) is 0 Å². The third-order valence-corrected chi connectivity index (χ3v) is 2.60. The largest absolute Gasteiger partial charge is 0.298 e. The van der Waals surface area contributed by atoms with E-state index in [1.165, 1.54) is 0 Å². The second kappa shape index (κ2) is 3.83. The molecule has 0 N–H and O–H groups in total. The van der Waals surface area contributed by atoms with Gasteiger partial charge in [0.25, 0.3) is 0 Å². The van der Waals surface area contributed by atoms with Gasteiger partial charge in [-0.25, -0.2) is 9.67 Å². The Hall–Kier alpha value is -2.49. The summed E-state index contributed by atoms with van der Waals surface area (Å²) in [4.78, 5) is 14.8. The van der Waals surface area contributed by atoms with Gasteiger partial charge in [0, 0.05) is 17.1 Å². The van der Waals surface area contributed by atoms with Gasteiger partial charge in [-0.15, -0.1) is 0 Å². The Balaban J connectivity index is 2.16. The zero-order valence-electron chi connectivity index (χ0n) is 8.95. The van der Waals surface area contributed by atoms with Gasteiger partial charge in [0.2, 0.25) is 0 Å². The van der Waals surface area contributed by atoms with Crippen LogP contribution in [0.4, 0.5) is 0 Å². The maximum Gasteiger partial charge on any atom is 0.154 e. The van der Waals surface area contributed by atoms with Crippen molar-refractivity contribution in [3.8, 4) is 5.82 Å². The highest BCUT2D eigenvalue weighted by atomic mass is 16.1. The number of aromatic nitrogens is 3. The van der Waals surface area contributed by atoms with Crippen molar-refractivity contribution in [2.75, 3.05) is 0 Å². The maximum absolute atomic E-state index is 10.6. The van der Waals surface area contributed by atoms with Crippen molar-refractivity contribution in [2.45, 2.75) is 0 Å². The average molecular weight is 223 g/mol. The molecule has 0 bridgehead atoms. The zero-order valence-corrected chi connectivity index (χ0v) is 8.95. The number of hydrogen-bond donors (Lipinski definition) is 0. The molecule has 0 aliphatic heterocycles. The third-order valence-electron chi connectivity index (χ3n) is 2.60. The number of para-hydroxylation sites is 1. The van der Waals surface area contributed by atoms with Gasteiger partial charge in [0.1, 0.15) is 0 Å². The van der Waals surface area contributed by atoms with Crippen molar-refractivity contribution in [2.24, 2.45) is 0 Å². The fourth-order valence-corrected chi connectivity index (χ4v) is 1.75. The number of fused-ring (bicyclic) bond motifs is 1. The number of carbonyl (C=O) groups excluding carboxylic acids is 1. The highest BCUT2D eigenvalue weighted by Gasteiger charge is 2.04. The van der Waals surface area contributed by atoms with E-state index in [1.807, 2.05) is 24.3 Å². The van der Waals surface area contributed by atoms with Crippen molar-refractivity contribution in [1.82, 2.24) is 14.8 Å². The number of hydrogen-bond acceptors (Lipinski definition) is 3. The van der Waals surface area contributed by atoms with Gasteiger partial charge in [-0.1, -0.05) is 18.2 Å². The van der Waals surface area contributed by atoms with Crippen LogP contribution in [-0.4, -0.2) is 21.1 Å². The van der Waals surface area contributed by atoms with Crippen LogP contribution < -0.4 is 0 Å². The molecule has 0 radical (unpaired) electrons. The van der Waals surface area contributed by atoms with Crippen molar-refractivity contribution in [1.29, 1.82) is 0 Å². The van der Waals surface area contributed by atoms with Crippen LogP contribution >= 0.6 is 0 Å². The molecule has 2 heterocycles. The van der Waals surface area contributed by atoms with Crippen LogP contribution in [0.1, 0.15) is 10.4 Å². The fraction of sp³-hybridized carbons (Fsp3) is 0. The van der Waals surface area contributed by atoms with Crippen molar-refractivity contribution in [3.63, 3.8) is 0 Å². The number of rotatable bonds is 2. The first-order valence-corrected chi connectivity index (χ1v) is 5.23. The summed E-state index contributed by atoms with van der Waals surface area (Å²) < 4.78 is 1.75. The second-order valence-corrected chi connectivity index (χ2v) is 3.68. The molecule has 0 fully saturated rings. The van der Waals surface area contributed by atoms with Gasteiger partial charge in [-0.05, 0) is 18.2 Å². The molecule has 0 atom stereocenters. The van der Waals surface area contributed by atoms with Gasteiger partial charge in [0.05, 0.1) is 11.7 Å². The van der Waals surface area contributed by atoms with E-state index in [0.717, 1.165) is 17.2 Å². The van der Waals surface area contributed by atoms with E-state index in [0.29, 0.717) is 11.4 Å². The second-order valence-electron chi connectivity index (χ2n) is 3.68. The van der Waals surface area contributed by atoms with Gasteiger partial charge in [-0.3, -0.25) is 4.79 Å². The molecule has 0 saturated heterocycles. The minimum absolute atomic E-state index is 0.560. The predicted octanol–water partition coefficient (Wildman–Crippen LogP) is 2.23. The molecule has 0 amide bonds. The third kappa shape index (κ3) is 1.59. The molecule has 1 aromatic carbocycles. The van der Waals surface area contributed by atoms with Gasteiger partial charge >= 0.3 is 0 Å². The molecule has 0 spiro atoms. The highest BCUT2D eigenvalue weighted by molar-refractivity contribution is 5.80. The number of pyridine rings is 1. The van der Waals surface area contributed by atoms with Crippen molar-refractivity contribution in [3.05, 3.63) is 54.4 Å². The zero-order chi connectivity index (χ0) is 11.7. The first-order chi connectivity index (χ1) is 8.38. The molecule has 17 heavy (non-hydrogen) atoms. The lowest BCUT2D eigenvalue weighted by Gasteiger charge is -2.01. The monoisotopic (exact) mass is 223 g/mol. The van der Waals surface area contributed by atoms with Crippen LogP contribution in [0.2, 0.25) is 0 Å². The fourth-order valence-electron chi connectivity index (χ4n) is 1.75. The normalized spacial score (nSPS) is 10.6. The first kappa shape index (κ1) is 9.72. The Bertz CT molecular complexity index is 670. The van der Waals surface area contributed by atoms with E-state index < -0.39 is 0 Å². The van der Waals surface area contributed by atoms with E-state index in [-0.39, 0.29) is 0 Å². The molecule has 4 heteroatoms. The molecule has 4 nitrogen and oxygen atoms in total. The molecule has 2 aromatic heterocycles. The summed E-state index contributed by atoms with van der Waals surface area (Å²) in [5.74, 6) is 0.705. The van der Waals surface area contributed by atoms with Crippen LogP contribution in [0.15, 0.2) is 48.8 Å². The van der Waals surface area contributed by atoms with Crippen LogP contribution in [0.5, 0.6) is 0 Å². The van der Waals surface area contributed by atoms with E-state index in [1.54, 1.807) is 29.2 Å². The lowest BCUT2D eigenvalue weighted by Crippen LogP contribution is -1.99. The van der Waals surface area contributed by atoms with Crippen molar-refractivity contribution >= 4 is 17.2 Å². The summed E-state index contributed by atoms with van der Waals surface area (Å²) in [6.07, 6.45) is 4.11. The van der Waals surface area contributed by atoms with Crippen LogP contribution in [0.3, 0.4) is 0 Å². The molecule has 0 unspecified atom stereocenters. The Labute approximate surface area is 97.5 Å². The molecule has 0 aliphatic carbocycles. The summed E-state index contributed by atoms with van der Waals surface area (Å²) in [7, 11) is 0. The Morgan fingerprint density at radius 2 is 1.94 bits per heavy atom. The van der Waals surface area contributed by atoms with Gasteiger partial charge in [-0.2, -0.15) is 5.10 Å².